The fourth-order valence-corrected chi connectivity index (χ4v) is 3.25. The van der Waals surface area contributed by atoms with Gasteiger partial charge in [-0.25, -0.2) is 9.78 Å². The number of nitrogens with one attached hydrogen (secondary N) is 1. The summed E-state index contributed by atoms with van der Waals surface area (Å²) in [6.07, 6.45) is 5.35. The number of carboxylic acid groups (broad SMARTS) is 1. The summed E-state index contributed by atoms with van der Waals surface area (Å²) >= 11 is 0. The summed E-state index contributed by atoms with van der Waals surface area (Å²) in [7, 11) is 0. The van der Waals surface area contributed by atoms with E-state index in [0.29, 0.717) is 25.3 Å². The number of carboxylic acids is 1. The maximum atomic E-state index is 11.0. The average Bonchev–Trinajstić information content (AvgIpc) is 3.19. The highest BCUT2D eigenvalue weighted by Gasteiger charge is 2.27. The topological polar surface area (TPSA) is 91.3 Å². The zero-order valence-corrected chi connectivity index (χ0v) is 14.7. The summed E-state index contributed by atoms with van der Waals surface area (Å²) in [5.41, 5.74) is 3.35. The molecule has 0 aliphatic carbocycles. The Kier molecular flexibility index (Phi) is 4.95. The largest absolute Gasteiger partial charge is 0.478 e. The molecule has 1 atom stereocenters. The standard InChI is InChI=1S/C20H20N4O3/c25-20(26)16-3-1-14(2-4-16)12-24-9-10-27-13-18(24)19-22-11-17(23-19)15-5-7-21-8-6-15/h1-8,11,18H,9-10,12-13H2,(H,22,23)(H,25,26)/t18-/m0/s1. The van der Waals surface area contributed by atoms with Gasteiger partial charge in [0.05, 0.1) is 36.7 Å². The van der Waals surface area contributed by atoms with E-state index in [-0.39, 0.29) is 6.04 Å². The number of morpholine rings is 1. The van der Waals surface area contributed by atoms with Crippen LogP contribution in [0.15, 0.2) is 55.0 Å². The molecular weight excluding hydrogens is 344 g/mol. The average molecular weight is 364 g/mol. The van der Waals surface area contributed by atoms with Gasteiger partial charge in [0.1, 0.15) is 5.82 Å². The van der Waals surface area contributed by atoms with Gasteiger partial charge in [0.25, 0.3) is 0 Å². The first-order valence-electron chi connectivity index (χ1n) is 8.80. The number of H-pyrrole nitrogens is 1. The molecule has 1 aromatic carbocycles. The van der Waals surface area contributed by atoms with Crippen molar-refractivity contribution in [3.8, 4) is 11.3 Å². The van der Waals surface area contributed by atoms with Crippen molar-refractivity contribution in [2.45, 2.75) is 12.6 Å². The third-order valence-electron chi connectivity index (χ3n) is 4.73. The molecule has 7 heteroatoms. The lowest BCUT2D eigenvalue weighted by molar-refractivity contribution is -0.0156. The van der Waals surface area contributed by atoms with E-state index in [9.17, 15) is 4.79 Å². The molecule has 0 radical (unpaired) electrons. The molecular formula is C20H20N4O3. The molecule has 4 rings (SSSR count). The first-order chi connectivity index (χ1) is 13.2. The summed E-state index contributed by atoms with van der Waals surface area (Å²) in [6, 6.07) is 10.9. The second-order valence-corrected chi connectivity index (χ2v) is 6.48. The molecule has 2 aromatic heterocycles. The van der Waals surface area contributed by atoms with E-state index >= 15 is 0 Å². The van der Waals surface area contributed by atoms with Crippen molar-refractivity contribution in [1.82, 2.24) is 19.9 Å². The second kappa shape index (κ2) is 7.69. The van der Waals surface area contributed by atoms with Gasteiger partial charge in [0, 0.05) is 31.0 Å². The molecule has 27 heavy (non-hydrogen) atoms. The highest BCUT2D eigenvalue weighted by atomic mass is 16.5. The first-order valence-corrected chi connectivity index (χ1v) is 8.80. The molecule has 1 aliphatic rings. The highest BCUT2D eigenvalue weighted by molar-refractivity contribution is 5.87. The Labute approximate surface area is 156 Å². The third-order valence-corrected chi connectivity index (χ3v) is 4.73. The Balaban J connectivity index is 1.52. The van der Waals surface area contributed by atoms with E-state index in [4.69, 9.17) is 9.84 Å². The number of ether oxygens (including phenoxy) is 1. The molecule has 1 fully saturated rings. The quantitative estimate of drug-likeness (QED) is 0.723. The minimum Gasteiger partial charge on any atom is -0.478 e. The van der Waals surface area contributed by atoms with E-state index in [1.165, 1.54) is 0 Å². The Morgan fingerprint density at radius 1 is 1.22 bits per heavy atom. The second-order valence-electron chi connectivity index (χ2n) is 6.48. The predicted molar refractivity (Wildman–Crippen MR) is 99.2 cm³/mol. The van der Waals surface area contributed by atoms with Gasteiger partial charge >= 0.3 is 5.97 Å². The summed E-state index contributed by atoms with van der Waals surface area (Å²) in [6.45, 7) is 2.73. The van der Waals surface area contributed by atoms with Crippen LogP contribution in [0.4, 0.5) is 0 Å². The van der Waals surface area contributed by atoms with Crippen LogP contribution in [0.3, 0.4) is 0 Å². The van der Waals surface area contributed by atoms with Crippen LogP contribution in [-0.4, -0.2) is 50.7 Å². The predicted octanol–water partition coefficient (Wildman–Crippen LogP) is 2.74. The van der Waals surface area contributed by atoms with Gasteiger partial charge in [-0.2, -0.15) is 0 Å². The molecule has 0 unspecified atom stereocenters. The Bertz CT molecular complexity index is 908. The lowest BCUT2D eigenvalue weighted by atomic mass is 10.1. The van der Waals surface area contributed by atoms with Gasteiger partial charge in [0.15, 0.2) is 0 Å². The fourth-order valence-electron chi connectivity index (χ4n) is 3.25. The van der Waals surface area contributed by atoms with E-state index in [2.05, 4.69) is 19.9 Å². The minimum absolute atomic E-state index is 0.0217. The number of aromatic carboxylic acids is 1. The number of pyridine rings is 1. The van der Waals surface area contributed by atoms with Crippen LogP contribution in [-0.2, 0) is 11.3 Å². The summed E-state index contributed by atoms with van der Waals surface area (Å²) in [5, 5.41) is 9.04. The molecule has 0 bridgehead atoms. The molecule has 3 aromatic rings. The number of carbonyl (C=O) groups is 1. The molecule has 7 nitrogen and oxygen atoms in total. The zero-order chi connectivity index (χ0) is 18.6. The van der Waals surface area contributed by atoms with Crippen LogP contribution < -0.4 is 0 Å². The highest BCUT2D eigenvalue weighted by Crippen LogP contribution is 2.26. The third kappa shape index (κ3) is 3.89. The van der Waals surface area contributed by atoms with Crippen LogP contribution >= 0.6 is 0 Å². The molecule has 1 saturated heterocycles. The molecule has 138 valence electrons. The Hall–Kier alpha value is -3.03. The van der Waals surface area contributed by atoms with Gasteiger partial charge < -0.3 is 14.8 Å². The van der Waals surface area contributed by atoms with Crippen molar-refractivity contribution in [1.29, 1.82) is 0 Å². The van der Waals surface area contributed by atoms with Crippen molar-refractivity contribution >= 4 is 5.97 Å². The van der Waals surface area contributed by atoms with Crippen LogP contribution in [0.2, 0.25) is 0 Å². The zero-order valence-electron chi connectivity index (χ0n) is 14.7. The SMILES string of the molecule is O=C(O)c1ccc(CN2CCOC[C@H]2c2ncc(-c3ccncc3)[nH]2)cc1. The van der Waals surface area contributed by atoms with Crippen LogP contribution in [0.5, 0.6) is 0 Å². The van der Waals surface area contributed by atoms with Crippen LogP contribution in [0.1, 0.15) is 27.8 Å². The van der Waals surface area contributed by atoms with Crippen LogP contribution in [0, 0.1) is 0 Å². The van der Waals surface area contributed by atoms with Gasteiger partial charge in [-0.05, 0) is 29.8 Å². The number of aromatic nitrogens is 3. The first kappa shape index (κ1) is 17.4. The van der Waals surface area contributed by atoms with Gasteiger partial charge in [-0.15, -0.1) is 0 Å². The molecule has 3 heterocycles. The van der Waals surface area contributed by atoms with Crippen molar-refractivity contribution in [2.24, 2.45) is 0 Å². The Morgan fingerprint density at radius 3 is 2.74 bits per heavy atom. The van der Waals surface area contributed by atoms with Gasteiger partial charge in [0.2, 0.25) is 0 Å². The number of benzene rings is 1. The monoisotopic (exact) mass is 364 g/mol. The number of nitrogens with zero attached hydrogens (tertiary/aromatic N) is 3. The maximum Gasteiger partial charge on any atom is 0.335 e. The molecule has 0 saturated carbocycles. The van der Waals surface area contributed by atoms with Gasteiger partial charge in [-0.3, -0.25) is 9.88 Å². The number of hydrogen-bond acceptors (Lipinski definition) is 5. The normalized spacial score (nSPS) is 17.7. The van der Waals surface area contributed by atoms with Crippen LogP contribution in [0.25, 0.3) is 11.3 Å². The van der Waals surface area contributed by atoms with E-state index in [0.717, 1.165) is 29.2 Å². The van der Waals surface area contributed by atoms with E-state index < -0.39 is 5.97 Å². The smallest absolute Gasteiger partial charge is 0.335 e. The fraction of sp³-hybridized carbons (Fsp3) is 0.250. The van der Waals surface area contributed by atoms with Crippen molar-refractivity contribution in [3.63, 3.8) is 0 Å². The number of hydrogen-bond donors (Lipinski definition) is 2. The lowest BCUT2D eigenvalue weighted by Crippen LogP contribution is -2.39. The number of aromatic amines is 1. The van der Waals surface area contributed by atoms with E-state index in [1.54, 1.807) is 24.5 Å². The summed E-state index contributed by atoms with van der Waals surface area (Å²) in [4.78, 5) is 25.3. The van der Waals surface area contributed by atoms with Crippen molar-refractivity contribution in [3.05, 3.63) is 71.9 Å². The molecule has 0 spiro atoms. The maximum absolute atomic E-state index is 11.0. The number of rotatable bonds is 5. The van der Waals surface area contributed by atoms with E-state index in [1.807, 2.05) is 30.5 Å². The lowest BCUT2D eigenvalue weighted by Gasteiger charge is -2.34. The van der Waals surface area contributed by atoms with Crippen molar-refractivity contribution in [2.75, 3.05) is 19.8 Å². The molecule has 1 aliphatic heterocycles. The van der Waals surface area contributed by atoms with Crippen molar-refractivity contribution < 1.29 is 14.6 Å². The molecule has 2 N–H and O–H groups in total. The summed E-state index contributed by atoms with van der Waals surface area (Å²) in [5.74, 6) is -0.0475. The van der Waals surface area contributed by atoms with Gasteiger partial charge in [-0.1, -0.05) is 12.1 Å². The molecule has 0 amide bonds. The Morgan fingerprint density at radius 2 is 2.00 bits per heavy atom. The summed E-state index contributed by atoms with van der Waals surface area (Å²) < 4.78 is 5.68. The number of imidazole rings is 1. The minimum atomic E-state index is -0.912.